The third-order valence-corrected chi connectivity index (χ3v) is 3.64. The maximum atomic E-state index is 2.39. The topological polar surface area (TPSA) is 0 Å². The van der Waals surface area contributed by atoms with Crippen molar-refractivity contribution in [2.75, 3.05) is 0 Å². The van der Waals surface area contributed by atoms with Crippen LogP contribution in [0.25, 0.3) is 0 Å². The van der Waals surface area contributed by atoms with Crippen molar-refractivity contribution in [3.63, 3.8) is 0 Å². The first-order valence-corrected chi connectivity index (χ1v) is 4.95. The molecular formula is C11H24. The van der Waals surface area contributed by atoms with Gasteiger partial charge in [-0.25, -0.2) is 0 Å². The Morgan fingerprint density at radius 2 is 1.55 bits per heavy atom. The third-order valence-electron chi connectivity index (χ3n) is 3.64. The molecule has 2 atom stereocenters. The first-order chi connectivity index (χ1) is 4.95. The summed E-state index contributed by atoms with van der Waals surface area (Å²) in [6.45, 7) is 14.1. The zero-order valence-corrected chi connectivity index (χ0v) is 9.07. The lowest BCUT2D eigenvalue weighted by molar-refractivity contribution is 0.156. The van der Waals surface area contributed by atoms with Crippen molar-refractivity contribution < 1.29 is 0 Å². The lowest BCUT2D eigenvalue weighted by Gasteiger charge is -2.34. The van der Waals surface area contributed by atoms with E-state index < -0.39 is 0 Å². The van der Waals surface area contributed by atoms with Crippen LogP contribution < -0.4 is 0 Å². The minimum Gasteiger partial charge on any atom is -0.0651 e. The highest BCUT2D eigenvalue weighted by Crippen LogP contribution is 2.36. The van der Waals surface area contributed by atoms with Crippen LogP contribution in [0.4, 0.5) is 0 Å². The second kappa shape index (κ2) is 4.13. The molecule has 0 aliphatic carbocycles. The van der Waals surface area contributed by atoms with Crippen LogP contribution >= 0.6 is 0 Å². The zero-order valence-electron chi connectivity index (χ0n) is 9.07. The Kier molecular flexibility index (Phi) is 4.13. The molecule has 0 saturated carbocycles. The summed E-state index contributed by atoms with van der Waals surface area (Å²) >= 11 is 0. The molecule has 0 fully saturated rings. The molecule has 0 aromatic rings. The first-order valence-electron chi connectivity index (χ1n) is 4.95. The molecule has 0 nitrogen and oxygen atoms in total. The van der Waals surface area contributed by atoms with Gasteiger partial charge >= 0.3 is 0 Å². The fraction of sp³-hybridized carbons (Fsp3) is 1.00. The van der Waals surface area contributed by atoms with E-state index in [-0.39, 0.29) is 0 Å². The number of hydrogen-bond acceptors (Lipinski definition) is 0. The van der Waals surface area contributed by atoms with E-state index >= 15 is 0 Å². The molecule has 0 amide bonds. The molecule has 0 rings (SSSR count). The van der Waals surface area contributed by atoms with Gasteiger partial charge in [-0.2, -0.15) is 0 Å². The summed E-state index contributed by atoms with van der Waals surface area (Å²) in [6.07, 6.45) is 2.60. The summed E-state index contributed by atoms with van der Waals surface area (Å²) in [5.74, 6) is 1.71. The van der Waals surface area contributed by atoms with Gasteiger partial charge in [0.2, 0.25) is 0 Å². The molecule has 0 saturated heterocycles. The minimum atomic E-state index is 0.523. The van der Waals surface area contributed by atoms with Crippen molar-refractivity contribution in [3.05, 3.63) is 0 Å². The van der Waals surface area contributed by atoms with Crippen molar-refractivity contribution in [2.45, 2.75) is 54.4 Å². The predicted molar refractivity (Wildman–Crippen MR) is 52.7 cm³/mol. The van der Waals surface area contributed by atoms with Crippen molar-refractivity contribution in [3.8, 4) is 0 Å². The average Bonchev–Trinajstić information content (AvgIpc) is 2.01. The van der Waals surface area contributed by atoms with E-state index in [1.807, 2.05) is 0 Å². The van der Waals surface area contributed by atoms with Crippen molar-refractivity contribution in [2.24, 2.45) is 17.3 Å². The van der Waals surface area contributed by atoms with Gasteiger partial charge in [-0.05, 0) is 17.3 Å². The maximum Gasteiger partial charge on any atom is -0.0329 e. The van der Waals surface area contributed by atoms with E-state index in [1.165, 1.54) is 12.8 Å². The fourth-order valence-electron chi connectivity index (χ4n) is 1.45. The van der Waals surface area contributed by atoms with Crippen molar-refractivity contribution in [1.82, 2.24) is 0 Å². The second-order valence-corrected chi connectivity index (χ2v) is 4.52. The van der Waals surface area contributed by atoms with Crippen LogP contribution in [-0.4, -0.2) is 0 Å². The predicted octanol–water partition coefficient (Wildman–Crippen LogP) is 4.10. The highest BCUT2D eigenvalue weighted by Gasteiger charge is 2.26. The molecule has 0 unspecified atom stereocenters. The van der Waals surface area contributed by atoms with Gasteiger partial charge in [0.05, 0.1) is 0 Å². The van der Waals surface area contributed by atoms with Gasteiger partial charge in [-0.15, -0.1) is 0 Å². The summed E-state index contributed by atoms with van der Waals surface area (Å²) in [4.78, 5) is 0. The van der Waals surface area contributed by atoms with Crippen LogP contribution in [0.5, 0.6) is 0 Å². The summed E-state index contributed by atoms with van der Waals surface area (Å²) in [5.41, 5.74) is 0.523. The molecule has 0 N–H and O–H groups in total. The Morgan fingerprint density at radius 1 is 1.09 bits per heavy atom. The molecule has 0 spiro atoms. The summed E-state index contributed by atoms with van der Waals surface area (Å²) in [7, 11) is 0. The lowest BCUT2D eigenvalue weighted by atomic mass is 9.71. The highest BCUT2D eigenvalue weighted by molar-refractivity contribution is 4.76. The Hall–Kier alpha value is 0. The Bertz CT molecular complexity index is 103. The van der Waals surface area contributed by atoms with E-state index in [4.69, 9.17) is 0 Å². The summed E-state index contributed by atoms with van der Waals surface area (Å²) < 4.78 is 0. The SMILES string of the molecule is CC[C@@H](C)[C@H](C)C(C)(C)CC. The molecule has 0 heterocycles. The van der Waals surface area contributed by atoms with Crippen molar-refractivity contribution in [1.29, 1.82) is 0 Å². The van der Waals surface area contributed by atoms with E-state index in [0.717, 1.165) is 11.8 Å². The summed E-state index contributed by atoms with van der Waals surface area (Å²) in [6, 6.07) is 0. The van der Waals surface area contributed by atoms with Crippen LogP contribution in [0.15, 0.2) is 0 Å². The number of hydrogen-bond donors (Lipinski definition) is 0. The molecule has 0 aromatic heterocycles. The molecule has 68 valence electrons. The van der Waals surface area contributed by atoms with Crippen LogP contribution in [-0.2, 0) is 0 Å². The molecule has 0 bridgehead atoms. The second-order valence-electron chi connectivity index (χ2n) is 4.52. The van der Waals surface area contributed by atoms with Gasteiger partial charge < -0.3 is 0 Å². The van der Waals surface area contributed by atoms with Crippen LogP contribution in [0.1, 0.15) is 54.4 Å². The largest absolute Gasteiger partial charge is 0.0651 e. The van der Waals surface area contributed by atoms with Crippen LogP contribution in [0, 0.1) is 17.3 Å². The van der Waals surface area contributed by atoms with Gasteiger partial charge in [0, 0.05) is 0 Å². The van der Waals surface area contributed by atoms with Crippen LogP contribution in [0.2, 0.25) is 0 Å². The Morgan fingerprint density at radius 3 is 1.82 bits per heavy atom. The summed E-state index contributed by atoms with van der Waals surface area (Å²) in [5, 5.41) is 0. The molecular weight excluding hydrogens is 132 g/mol. The quantitative estimate of drug-likeness (QED) is 0.574. The molecule has 0 aliphatic rings. The fourth-order valence-corrected chi connectivity index (χ4v) is 1.45. The smallest absolute Gasteiger partial charge is 0.0329 e. The molecule has 0 radical (unpaired) electrons. The first kappa shape index (κ1) is 11.0. The van der Waals surface area contributed by atoms with E-state index in [0.29, 0.717) is 5.41 Å². The zero-order chi connectivity index (χ0) is 9.07. The van der Waals surface area contributed by atoms with E-state index in [9.17, 15) is 0 Å². The molecule has 11 heavy (non-hydrogen) atoms. The Balaban J connectivity index is 4.10. The highest BCUT2D eigenvalue weighted by atomic mass is 14.3. The van der Waals surface area contributed by atoms with Gasteiger partial charge in [0.15, 0.2) is 0 Å². The van der Waals surface area contributed by atoms with Gasteiger partial charge in [-0.3, -0.25) is 0 Å². The maximum absolute atomic E-state index is 2.39. The molecule has 0 aromatic carbocycles. The van der Waals surface area contributed by atoms with E-state index in [1.54, 1.807) is 0 Å². The third kappa shape index (κ3) is 2.84. The standard InChI is InChI=1S/C11H24/c1-7-9(3)10(4)11(5,6)8-2/h9-10H,7-8H2,1-6H3/t9-,10+/m1/s1. The van der Waals surface area contributed by atoms with E-state index in [2.05, 4.69) is 41.5 Å². The minimum absolute atomic E-state index is 0.523. The molecule has 0 heteroatoms. The number of rotatable bonds is 4. The average molecular weight is 156 g/mol. The van der Waals surface area contributed by atoms with Gasteiger partial charge in [-0.1, -0.05) is 54.4 Å². The monoisotopic (exact) mass is 156 g/mol. The normalized spacial score (nSPS) is 18.0. The van der Waals surface area contributed by atoms with Gasteiger partial charge in [0.1, 0.15) is 0 Å². The van der Waals surface area contributed by atoms with Gasteiger partial charge in [0.25, 0.3) is 0 Å². The Labute approximate surface area is 72.4 Å². The van der Waals surface area contributed by atoms with Crippen LogP contribution in [0.3, 0.4) is 0 Å². The van der Waals surface area contributed by atoms with Crippen molar-refractivity contribution >= 4 is 0 Å². The lowest BCUT2D eigenvalue weighted by Crippen LogP contribution is -2.25. The molecule has 0 aliphatic heterocycles.